The fraction of sp³-hybridized carbons (Fsp3) is 0.417. The molecule has 1 aliphatic rings. The molecular formula is C24H27N3O4S2. The summed E-state index contributed by atoms with van der Waals surface area (Å²) in [5, 5.41) is 3.56. The Bertz CT molecular complexity index is 1190. The molecule has 2 N–H and O–H groups in total. The first kappa shape index (κ1) is 23.5. The lowest BCUT2D eigenvalue weighted by Gasteiger charge is -2.17. The molecule has 0 fully saturated rings. The molecule has 1 aliphatic carbocycles. The first-order valence-corrected chi connectivity index (χ1v) is 13.1. The Morgan fingerprint density at radius 2 is 2.09 bits per heavy atom. The van der Waals surface area contributed by atoms with Crippen molar-refractivity contribution in [1.82, 2.24) is 15.3 Å². The van der Waals surface area contributed by atoms with Gasteiger partial charge in [-0.1, -0.05) is 30.3 Å². The van der Waals surface area contributed by atoms with Crippen molar-refractivity contribution in [2.45, 2.75) is 50.8 Å². The van der Waals surface area contributed by atoms with E-state index < -0.39 is 12.0 Å². The number of hydrogen-bond donors (Lipinski definition) is 2. The summed E-state index contributed by atoms with van der Waals surface area (Å²) in [6.07, 6.45) is 3.74. The van der Waals surface area contributed by atoms with Gasteiger partial charge in [-0.25, -0.2) is 9.78 Å². The number of esters is 1. The number of ether oxygens (including phenoxy) is 1. The fourth-order valence-corrected chi connectivity index (χ4v) is 6.09. The van der Waals surface area contributed by atoms with Gasteiger partial charge in [0.25, 0.3) is 5.56 Å². The average molecular weight is 486 g/mol. The number of aryl methyl sites for hydroxylation is 2. The number of amides is 1. The number of aromatic nitrogens is 2. The molecule has 1 atom stereocenters. The van der Waals surface area contributed by atoms with E-state index in [4.69, 9.17) is 4.74 Å². The lowest BCUT2D eigenvalue weighted by molar-refractivity contribution is -0.147. The van der Waals surface area contributed by atoms with Crippen LogP contribution in [0.2, 0.25) is 0 Å². The summed E-state index contributed by atoms with van der Waals surface area (Å²) < 4.78 is 5.13. The van der Waals surface area contributed by atoms with Crippen LogP contribution < -0.4 is 10.9 Å². The normalized spacial score (nSPS) is 13.6. The molecule has 0 aliphatic heterocycles. The van der Waals surface area contributed by atoms with Gasteiger partial charge < -0.3 is 15.0 Å². The van der Waals surface area contributed by atoms with E-state index in [2.05, 4.69) is 15.3 Å². The van der Waals surface area contributed by atoms with E-state index in [0.717, 1.165) is 35.0 Å². The Morgan fingerprint density at radius 3 is 2.88 bits per heavy atom. The zero-order valence-electron chi connectivity index (χ0n) is 18.5. The minimum atomic E-state index is -0.717. The van der Waals surface area contributed by atoms with Crippen LogP contribution in [0, 0.1) is 0 Å². The van der Waals surface area contributed by atoms with Crippen molar-refractivity contribution in [3.05, 3.63) is 62.5 Å². The van der Waals surface area contributed by atoms with Gasteiger partial charge in [0.05, 0.1) is 17.7 Å². The minimum absolute atomic E-state index is 0.0640. The number of carbonyl (C=O) groups excluding carboxylic acids is 2. The summed E-state index contributed by atoms with van der Waals surface area (Å²) in [5.74, 6) is 1.07. The zero-order valence-corrected chi connectivity index (χ0v) is 20.2. The van der Waals surface area contributed by atoms with Crippen LogP contribution in [-0.2, 0) is 39.3 Å². The number of thiophene rings is 1. The van der Waals surface area contributed by atoms with E-state index in [0.29, 0.717) is 23.8 Å². The molecule has 1 unspecified atom stereocenters. The molecule has 2 aromatic heterocycles. The third-order valence-corrected chi connectivity index (χ3v) is 7.68. The van der Waals surface area contributed by atoms with Crippen molar-refractivity contribution in [2.75, 3.05) is 12.4 Å². The standard InChI is InChI=1S/C24H27N3O4S2/c1-2-31-24(30)17(13-15-7-4-3-5-8-15)25-20(28)11-12-32-14-19-26-22(29)21-16-9-6-10-18(16)33-23(21)27-19/h3-5,7-8,17H,2,6,9-14H2,1H3,(H,25,28)(H,26,27,29). The zero-order chi connectivity index (χ0) is 23.2. The van der Waals surface area contributed by atoms with Crippen molar-refractivity contribution >= 4 is 45.2 Å². The Hall–Kier alpha value is -2.65. The largest absolute Gasteiger partial charge is 0.464 e. The second kappa shape index (κ2) is 11.0. The van der Waals surface area contributed by atoms with Gasteiger partial charge in [-0.3, -0.25) is 9.59 Å². The molecule has 0 bridgehead atoms. The Kier molecular flexibility index (Phi) is 7.82. The number of aromatic amines is 1. The van der Waals surface area contributed by atoms with Crippen LogP contribution in [-0.4, -0.2) is 40.2 Å². The van der Waals surface area contributed by atoms with Crippen LogP contribution in [0.4, 0.5) is 0 Å². The lowest BCUT2D eigenvalue weighted by Crippen LogP contribution is -2.43. The van der Waals surface area contributed by atoms with Gasteiger partial charge in [0.1, 0.15) is 16.7 Å². The van der Waals surface area contributed by atoms with Crippen molar-refractivity contribution in [3.63, 3.8) is 0 Å². The molecule has 1 aromatic carbocycles. The van der Waals surface area contributed by atoms with Crippen molar-refractivity contribution < 1.29 is 14.3 Å². The smallest absolute Gasteiger partial charge is 0.328 e. The van der Waals surface area contributed by atoms with Crippen LogP contribution in [0.25, 0.3) is 10.2 Å². The molecule has 3 aromatic rings. The molecular weight excluding hydrogens is 458 g/mol. The van der Waals surface area contributed by atoms with Crippen LogP contribution in [0.1, 0.15) is 41.6 Å². The number of benzene rings is 1. The summed E-state index contributed by atoms with van der Waals surface area (Å²) in [4.78, 5) is 47.0. The molecule has 33 heavy (non-hydrogen) atoms. The molecule has 0 saturated heterocycles. The molecule has 174 valence electrons. The molecule has 0 spiro atoms. The van der Waals surface area contributed by atoms with Crippen LogP contribution in [0.3, 0.4) is 0 Å². The van der Waals surface area contributed by atoms with Crippen molar-refractivity contribution in [2.24, 2.45) is 0 Å². The van der Waals surface area contributed by atoms with E-state index in [1.807, 2.05) is 30.3 Å². The summed E-state index contributed by atoms with van der Waals surface area (Å²) in [5.41, 5.74) is 2.06. The lowest BCUT2D eigenvalue weighted by atomic mass is 10.1. The van der Waals surface area contributed by atoms with Crippen LogP contribution in [0.5, 0.6) is 0 Å². The number of nitrogens with zero attached hydrogens (tertiary/aromatic N) is 1. The molecule has 4 rings (SSSR count). The van der Waals surface area contributed by atoms with Gasteiger partial charge in [0, 0.05) is 23.5 Å². The van der Waals surface area contributed by atoms with Crippen molar-refractivity contribution in [3.8, 4) is 0 Å². The molecule has 0 radical (unpaired) electrons. The molecule has 0 saturated carbocycles. The van der Waals surface area contributed by atoms with Gasteiger partial charge in [-0.2, -0.15) is 11.8 Å². The molecule has 9 heteroatoms. The molecule has 2 heterocycles. The maximum Gasteiger partial charge on any atom is 0.328 e. The highest BCUT2D eigenvalue weighted by atomic mass is 32.2. The molecule has 7 nitrogen and oxygen atoms in total. The fourth-order valence-electron chi connectivity index (χ4n) is 4.00. The maximum absolute atomic E-state index is 12.5. The third-order valence-electron chi connectivity index (χ3n) is 5.53. The van der Waals surface area contributed by atoms with E-state index in [9.17, 15) is 14.4 Å². The SMILES string of the molecule is CCOC(=O)C(Cc1ccccc1)NC(=O)CCSCc1nc2sc3c(c2c(=O)[nH]1)CCC3. The van der Waals surface area contributed by atoms with Crippen LogP contribution in [0.15, 0.2) is 35.1 Å². The van der Waals surface area contributed by atoms with Gasteiger partial charge in [-0.15, -0.1) is 11.3 Å². The highest BCUT2D eigenvalue weighted by Gasteiger charge is 2.23. The van der Waals surface area contributed by atoms with Gasteiger partial charge in [0.15, 0.2) is 0 Å². The van der Waals surface area contributed by atoms with E-state index in [1.54, 1.807) is 18.3 Å². The van der Waals surface area contributed by atoms with Gasteiger partial charge in [-0.05, 0) is 37.3 Å². The van der Waals surface area contributed by atoms with Crippen molar-refractivity contribution in [1.29, 1.82) is 0 Å². The first-order chi connectivity index (χ1) is 16.0. The summed E-state index contributed by atoms with van der Waals surface area (Å²) in [6.45, 7) is 2.01. The molecule has 1 amide bonds. The maximum atomic E-state index is 12.5. The number of fused-ring (bicyclic) bond motifs is 3. The number of hydrogen-bond acceptors (Lipinski definition) is 7. The summed E-state index contributed by atoms with van der Waals surface area (Å²) >= 11 is 3.15. The minimum Gasteiger partial charge on any atom is -0.464 e. The predicted octanol–water partition coefficient (Wildman–Crippen LogP) is 3.39. The van der Waals surface area contributed by atoms with Crippen LogP contribution >= 0.6 is 23.1 Å². The highest BCUT2D eigenvalue weighted by Crippen LogP contribution is 2.34. The van der Waals surface area contributed by atoms with E-state index >= 15 is 0 Å². The quantitative estimate of drug-likeness (QED) is 0.337. The predicted molar refractivity (Wildman–Crippen MR) is 132 cm³/mol. The van der Waals surface area contributed by atoms with E-state index in [-0.39, 0.29) is 24.5 Å². The second-order valence-corrected chi connectivity index (χ2v) is 10.1. The average Bonchev–Trinajstić information content (AvgIpc) is 3.38. The number of H-pyrrole nitrogens is 1. The third kappa shape index (κ3) is 5.83. The number of thioether (sulfide) groups is 1. The second-order valence-electron chi connectivity index (χ2n) is 7.91. The monoisotopic (exact) mass is 485 g/mol. The topological polar surface area (TPSA) is 101 Å². The van der Waals surface area contributed by atoms with E-state index in [1.165, 1.54) is 22.2 Å². The number of nitrogens with one attached hydrogen (secondary N) is 2. The Balaban J connectivity index is 1.29. The highest BCUT2D eigenvalue weighted by molar-refractivity contribution is 7.98. The number of carbonyl (C=O) groups is 2. The Labute approximate surface area is 200 Å². The van der Waals surface area contributed by atoms with Gasteiger partial charge >= 0.3 is 5.97 Å². The summed E-state index contributed by atoms with van der Waals surface area (Å²) in [7, 11) is 0. The van der Waals surface area contributed by atoms with Gasteiger partial charge in [0.2, 0.25) is 5.91 Å². The first-order valence-electron chi connectivity index (χ1n) is 11.2. The number of rotatable bonds is 10. The summed E-state index contributed by atoms with van der Waals surface area (Å²) in [6, 6.07) is 8.82. The Morgan fingerprint density at radius 1 is 1.27 bits per heavy atom.